The van der Waals surface area contributed by atoms with Gasteiger partial charge in [0.1, 0.15) is 0 Å². The van der Waals surface area contributed by atoms with Gasteiger partial charge in [0.25, 0.3) is 5.91 Å². The number of hydrogen-bond acceptors (Lipinski definition) is 5. The maximum absolute atomic E-state index is 12.3. The van der Waals surface area contributed by atoms with Crippen molar-refractivity contribution in [1.82, 2.24) is 15.6 Å². The normalized spacial score (nSPS) is 11.0. The van der Waals surface area contributed by atoms with Gasteiger partial charge in [-0.25, -0.2) is 4.98 Å². The molecule has 1 heterocycles. The number of amides is 1. The summed E-state index contributed by atoms with van der Waals surface area (Å²) in [6.45, 7) is 2.64. The summed E-state index contributed by atoms with van der Waals surface area (Å²) in [6, 6.07) is 7.94. The van der Waals surface area contributed by atoms with E-state index >= 15 is 0 Å². The summed E-state index contributed by atoms with van der Waals surface area (Å²) in [5.41, 5.74) is 3.60. The summed E-state index contributed by atoms with van der Waals surface area (Å²) in [6.07, 6.45) is 0. The minimum Gasteiger partial charge on any atom is -0.350 e. The molecular formula is C15H21Cl2N3OS2. The van der Waals surface area contributed by atoms with E-state index in [2.05, 4.69) is 15.6 Å². The van der Waals surface area contributed by atoms with Crippen LogP contribution < -0.4 is 10.6 Å². The molecule has 0 saturated heterocycles. The zero-order chi connectivity index (χ0) is 15.1. The van der Waals surface area contributed by atoms with Crippen molar-refractivity contribution in [2.45, 2.75) is 23.6 Å². The van der Waals surface area contributed by atoms with Crippen LogP contribution in [0.1, 0.15) is 23.0 Å². The van der Waals surface area contributed by atoms with Crippen molar-refractivity contribution in [1.29, 1.82) is 0 Å². The number of aromatic nitrogens is 1. The average Bonchev–Trinajstić information content (AvgIpc) is 3.04. The van der Waals surface area contributed by atoms with Crippen LogP contribution in [0.4, 0.5) is 0 Å². The molecule has 0 saturated carbocycles. The maximum atomic E-state index is 12.3. The molecule has 0 bridgehead atoms. The third-order valence-electron chi connectivity index (χ3n) is 3.05. The van der Waals surface area contributed by atoms with Crippen LogP contribution in [0.2, 0.25) is 0 Å². The molecule has 1 aromatic carbocycles. The van der Waals surface area contributed by atoms with Crippen molar-refractivity contribution in [3.8, 4) is 0 Å². The lowest BCUT2D eigenvalue weighted by atomic mass is 10.2. The summed E-state index contributed by atoms with van der Waals surface area (Å²) in [5.74, 6) is 0.749. The number of thioether (sulfide) groups is 1. The fraction of sp³-hybridized carbons (Fsp3) is 0.333. The van der Waals surface area contributed by atoms with Crippen LogP contribution in [-0.2, 0) is 5.75 Å². The van der Waals surface area contributed by atoms with Gasteiger partial charge in [0.05, 0.1) is 16.8 Å². The molecule has 1 unspecified atom stereocenters. The van der Waals surface area contributed by atoms with Crippen LogP contribution in [0.3, 0.4) is 0 Å². The molecule has 1 amide bonds. The third kappa shape index (κ3) is 7.10. The Morgan fingerprint density at radius 1 is 1.35 bits per heavy atom. The average molecular weight is 394 g/mol. The Bertz CT molecular complexity index is 582. The van der Waals surface area contributed by atoms with E-state index in [1.807, 2.05) is 49.1 Å². The molecule has 0 radical (unpaired) electrons. The molecule has 4 nitrogen and oxygen atoms in total. The summed E-state index contributed by atoms with van der Waals surface area (Å²) in [4.78, 5) is 17.5. The number of rotatable bonds is 7. The predicted molar refractivity (Wildman–Crippen MR) is 103 cm³/mol. The van der Waals surface area contributed by atoms with Gasteiger partial charge in [0, 0.05) is 28.6 Å². The number of likely N-dealkylation sites (N-methyl/N-ethyl adjacent to an activating group) is 1. The highest BCUT2D eigenvalue weighted by Crippen LogP contribution is 2.26. The molecule has 0 aliphatic carbocycles. The monoisotopic (exact) mass is 393 g/mol. The van der Waals surface area contributed by atoms with Crippen molar-refractivity contribution < 1.29 is 4.79 Å². The molecule has 1 aromatic heterocycles. The van der Waals surface area contributed by atoms with E-state index < -0.39 is 0 Å². The minimum absolute atomic E-state index is 0. The van der Waals surface area contributed by atoms with Gasteiger partial charge in [-0.15, -0.1) is 47.9 Å². The van der Waals surface area contributed by atoms with E-state index in [0.717, 1.165) is 21.9 Å². The van der Waals surface area contributed by atoms with Gasteiger partial charge in [0.15, 0.2) is 0 Å². The van der Waals surface area contributed by atoms with E-state index in [-0.39, 0.29) is 36.8 Å². The number of hydrogen-bond donors (Lipinski definition) is 2. The Labute approximate surface area is 157 Å². The molecule has 1 atom stereocenters. The highest BCUT2D eigenvalue weighted by atomic mass is 35.5. The van der Waals surface area contributed by atoms with Crippen LogP contribution in [0.25, 0.3) is 0 Å². The first-order valence-corrected chi connectivity index (χ1v) is 8.68. The fourth-order valence-electron chi connectivity index (χ4n) is 1.68. The molecule has 2 N–H and O–H groups in total. The summed E-state index contributed by atoms with van der Waals surface area (Å²) < 4.78 is 0. The van der Waals surface area contributed by atoms with E-state index in [0.29, 0.717) is 6.54 Å². The quantitative estimate of drug-likeness (QED) is 0.705. The van der Waals surface area contributed by atoms with Crippen LogP contribution in [-0.4, -0.2) is 30.5 Å². The molecule has 128 valence electrons. The lowest BCUT2D eigenvalue weighted by molar-refractivity contribution is 0.0947. The SMILES string of the molecule is CNC(C)CNC(=O)c1ccccc1SCc1cscn1.Cl.Cl. The van der Waals surface area contributed by atoms with E-state index in [9.17, 15) is 4.79 Å². The predicted octanol–water partition coefficient (Wildman–Crippen LogP) is 3.62. The molecule has 0 aliphatic rings. The van der Waals surface area contributed by atoms with Crippen LogP contribution in [0.15, 0.2) is 40.1 Å². The van der Waals surface area contributed by atoms with E-state index in [1.165, 1.54) is 0 Å². The first kappa shape index (κ1) is 22.2. The van der Waals surface area contributed by atoms with E-state index in [4.69, 9.17) is 0 Å². The second-order valence-corrected chi connectivity index (χ2v) is 6.40. The largest absolute Gasteiger partial charge is 0.350 e. The molecule has 0 fully saturated rings. The minimum atomic E-state index is -0.0292. The van der Waals surface area contributed by atoms with Gasteiger partial charge in [0.2, 0.25) is 0 Å². The Morgan fingerprint density at radius 3 is 2.74 bits per heavy atom. The summed E-state index contributed by atoms with van der Waals surface area (Å²) in [7, 11) is 1.88. The number of carbonyl (C=O) groups excluding carboxylic acids is 1. The summed E-state index contributed by atoms with van der Waals surface area (Å²) >= 11 is 3.23. The number of halogens is 2. The van der Waals surface area contributed by atoms with Crippen molar-refractivity contribution in [2.24, 2.45) is 0 Å². The van der Waals surface area contributed by atoms with Crippen molar-refractivity contribution in [3.05, 3.63) is 46.4 Å². The van der Waals surface area contributed by atoms with Gasteiger partial charge in [-0.1, -0.05) is 12.1 Å². The van der Waals surface area contributed by atoms with Crippen LogP contribution in [0.5, 0.6) is 0 Å². The summed E-state index contributed by atoms with van der Waals surface area (Å²) in [5, 5.41) is 8.09. The Morgan fingerprint density at radius 2 is 2.09 bits per heavy atom. The van der Waals surface area contributed by atoms with Crippen LogP contribution >= 0.6 is 47.9 Å². The zero-order valence-corrected chi connectivity index (χ0v) is 16.2. The molecule has 23 heavy (non-hydrogen) atoms. The molecule has 0 spiro atoms. The van der Waals surface area contributed by atoms with Gasteiger partial charge in [-0.05, 0) is 26.1 Å². The van der Waals surface area contributed by atoms with E-state index in [1.54, 1.807) is 23.1 Å². The van der Waals surface area contributed by atoms with Gasteiger partial charge in [-0.2, -0.15) is 0 Å². The molecule has 2 rings (SSSR count). The Hall–Kier alpha value is -0.790. The van der Waals surface area contributed by atoms with Crippen molar-refractivity contribution in [3.63, 3.8) is 0 Å². The first-order valence-electron chi connectivity index (χ1n) is 6.75. The number of carbonyl (C=O) groups is 1. The van der Waals surface area contributed by atoms with Gasteiger partial charge >= 0.3 is 0 Å². The fourth-order valence-corrected chi connectivity index (χ4v) is 3.30. The molecule has 2 aromatic rings. The second-order valence-electron chi connectivity index (χ2n) is 4.66. The highest BCUT2D eigenvalue weighted by Gasteiger charge is 2.12. The number of benzene rings is 1. The number of nitrogens with one attached hydrogen (secondary N) is 2. The van der Waals surface area contributed by atoms with Gasteiger partial charge in [-0.3, -0.25) is 4.79 Å². The number of thiazole rings is 1. The first-order chi connectivity index (χ1) is 10.2. The Balaban J connectivity index is 0.00000242. The smallest absolute Gasteiger partial charge is 0.252 e. The molecular weight excluding hydrogens is 373 g/mol. The second kappa shape index (κ2) is 11.7. The van der Waals surface area contributed by atoms with Crippen molar-refractivity contribution >= 4 is 53.8 Å². The maximum Gasteiger partial charge on any atom is 0.252 e. The Kier molecular flexibility index (Phi) is 11.3. The van der Waals surface area contributed by atoms with Crippen molar-refractivity contribution in [2.75, 3.05) is 13.6 Å². The molecule has 0 aliphatic heterocycles. The lowest BCUT2D eigenvalue weighted by Gasteiger charge is -2.13. The third-order valence-corrected chi connectivity index (χ3v) is 4.79. The van der Waals surface area contributed by atoms with Gasteiger partial charge < -0.3 is 10.6 Å². The lowest BCUT2D eigenvalue weighted by Crippen LogP contribution is -2.37. The number of nitrogens with zero attached hydrogens (tertiary/aromatic N) is 1. The van der Waals surface area contributed by atoms with Crippen LogP contribution in [0, 0.1) is 0 Å². The molecule has 8 heteroatoms. The highest BCUT2D eigenvalue weighted by molar-refractivity contribution is 7.98. The topological polar surface area (TPSA) is 54.0 Å². The standard InChI is InChI=1S/C15H19N3OS2.2ClH/c1-11(16-2)7-17-15(19)13-5-3-4-6-14(13)21-9-12-8-20-10-18-12;;/h3-6,8,10-11,16H,7,9H2,1-2H3,(H,17,19);2*1H. The zero-order valence-electron chi connectivity index (χ0n) is 12.9.